The van der Waals surface area contributed by atoms with Crippen LogP contribution in [-0.4, -0.2) is 58.3 Å². The maximum Gasteiger partial charge on any atom is 0.257 e. The predicted octanol–water partition coefficient (Wildman–Crippen LogP) is 1.55. The summed E-state index contributed by atoms with van der Waals surface area (Å²) in [5.74, 6) is -0.0795. The molecule has 3 heterocycles. The van der Waals surface area contributed by atoms with Gasteiger partial charge in [0.15, 0.2) is 0 Å². The highest BCUT2D eigenvalue weighted by Crippen LogP contribution is 2.32. The largest absolute Gasteiger partial charge is 0.361 e. The van der Waals surface area contributed by atoms with Crippen LogP contribution in [0.25, 0.3) is 0 Å². The van der Waals surface area contributed by atoms with Crippen LogP contribution < -0.4 is 4.90 Å². The molecule has 2 amide bonds. The van der Waals surface area contributed by atoms with Crippen molar-refractivity contribution in [1.82, 2.24) is 14.7 Å². The topological polar surface area (TPSA) is 67.7 Å². The molecule has 2 aromatic rings. The maximum absolute atomic E-state index is 12.8. The van der Waals surface area contributed by atoms with Gasteiger partial charge in [-0.25, -0.2) is 0 Å². The van der Waals surface area contributed by atoms with E-state index in [4.69, 9.17) is 4.74 Å². The number of nitrogens with zero attached hydrogens (tertiary/aromatic N) is 4. The van der Waals surface area contributed by atoms with E-state index in [-0.39, 0.29) is 18.4 Å². The van der Waals surface area contributed by atoms with Crippen LogP contribution in [0.5, 0.6) is 0 Å². The monoisotopic (exact) mass is 354 g/mol. The van der Waals surface area contributed by atoms with Gasteiger partial charge in [0, 0.05) is 25.0 Å². The first-order valence-corrected chi connectivity index (χ1v) is 8.91. The highest BCUT2D eigenvalue weighted by atomic mass is 16.5. The number of morpholine rings is 1. The highest BCUT2D eigenvalue weighted by molar-refractivity contribution is 5.96. The fourth-order valence-corrected chi connectivity index (χ4v) is 3.65. The van der Waals surface area contributed by atoms with E-state index in [1.807, 2.05) is 37.3 Å². The Labute approximate surface area is 152 Å². The van der Waals surface area contributed by atoms with Crippen LogP contribution in [0.3, 0.4) is 0 Å². The molecule has 2 aliphatic heterocycles. The molecule has 0 saturated carbocycles. The molecule has 26 heavy (non-hydrogen) atoms. The Balaban J connectivity index is 1.49. The molecule has 2 saturated heterocycles. The van der Waals surface area contributed by atoms with Crippen molar-refractivity contribution in [3.63, 3.8) is 0 Å². The molecule has 0 N–H and O–H groups in total. The predicted molar refractivity (Wildman–Crippen MR) is 95.9 cm³/mol. The van der Waals surface area contributed by atoms with Crippen LogP contribution in [0.1, 0.15) is 23.7 Å². The van der Waals surface area contributed by atoms with Gasteiger partial charge in [0.05, 0.1) is 24.8 Å². The molecular weight excluding hydrogens is 332 g/mol. The molecule has 2 fully saturated rings. The van der Waals surface area contributed by atoms with Crippen molar-refractivity contribution >= 4 is 17.5 Å². The fraction of sp³-hybridized carbons (Fsp3) is 0.421. The van der Waals surface area contributed by atoms with Gasteiger partial charge in [0.1, 0.15) is 12.2 Å². The zero-order valence-electron chi connectivity index (χ0n) is 14.8. The molecule has 1 aromatic heterocycles. The molecule has 1 spiro atoms. The standard InChI is InChI=1S/C19H22N4O3/c1-2-22-11-15(10-20-22)18(25)21-9-8-19(13-21)14-23(17(24)12-26-19)16-6-4-3-5-7-16/h3-7,10-11H,2,8-9,12-14H2,1H3. The number of amides is 2. The van der Waals surface area contributed by atoms with Crippen molar-refractivity contribution in [2.75, 3.05) is 31.1 Å². The smallest absolute Gasteiger partial charge is 0.257 e. The number of para-hydroxylation sites is 1. The van der Waals surface area contributed by atoms with Crippen LogP contribution in [0.4, 0.5) is 5.69 Å². The van der Waals surface area contributed by atoms with E-state index >= 15 is 0 Å². The lowest BCUT2D eigenvalue weighted by atomic mass is 10.00. The molecule has 0 bridgehead atoms. The summed E-state index contributed by atoms with van der Waals surface area (Å²) in [6, 6.07) is 9.61. The van der Waals surface area contributed by atoms with Crippen LogP contribution in [0, 0.1) is 0 Å². The molecule has 1 atom stereocenters. The van der Waals surface area contributed by atoms with Crippen LogP contribution in [0.2, 0.25) is 0 Å². The van der Waals surface area contributed by atoms with Crippen LogP contribution in [-0.2, 0) is 16.1 Å². The van der Waals surface area contributed by atoms with Gasteiger partial charge in [-0.15, -0.1) is 0 Å². The second-order valence-electron chi connectivity index (χ2n) is 6.85. The Morgan fingerprint density at radius 2 is 2.08 bits per heavy atom. The number of carbonyl (C=O) groups excluding carboxylic acids is 2. The summed E-state index contributed by atoms with van der Waals surface area (Å²) in [7, 11) is 0. The van der Waals surface area contributed by atoms with E-state index in [1.54, 1.807) is 26.9 Å². The van der Waals surface area contributed by atoms with E-state index < -0.39 is 5.60 Å². The number of aryl methyl sites for hydroxylation is 1. The lowest BCUT2D eigenvalue weighted by molar-refractivity contribution is -0.137. The lowest BCUT2D eigenvalue weighted by Gasteiger charge is -2.40. The van der Waals surface area contributed by atoms with E-state index in [1.165, 1.54) is 0 Å². The number of rotatable bonds is 3. The summed E-state index contributed by atoms with van der Waals surface area (Å²) in [5, 5.41) is 4.18. The highest BCUT2D eigenvalue weighted by Gasteiger charge is 2.46. The first kappa shape index (κ1) is 16.8. The van der Waals surface area contributed by atoms with Crippen molar-refractivity contribution in [1.29, 1.82) is 0 Å². The number of ether oxygens (including phenoxy) is 1. The second kappa shape index (κ2) is 6.57. The number of hydrogen-bond acceptors (Lipinski definition) is 4. The minimum absolute atomic E-state index is 0.0339. The second-order valence-corrected chi connectivity index (χ2v) is 6.85. The van der Waals surface area contributed by atoms with Crippen molar-refractivity contribution in [3.8, 4) is 0 Å². The Bertz CT molecular complexity index is 819. The molecule has 7 nitrogen and oxygen atoms in total. The molecule has 0 aliphatic carbocycles. The number of aromatic nitrogens is 2. The molecule has 7 heteroatoms. The van der Waals surface area contributed by atoms with Gasteiger partial charge in [0.2, 0.25) is 0 Å². The summed E-state index contributed by atoms with van der Waals surface area (Å²) >= 11 is 0. The summed E-state index contributed by atoms with van der Waals surface area (Å²) in [6.07, 6.45) is 4.10. The van der Waals surface area contributed by atoms with Crippen molar-refractivity contribution < 1.29 is 14.3 Å². The zero-order chi connectivity index (χ0) is 18.1. The van der Waals surface area contributed by atoms with Crippen LogP contribution >= 0.6 is 0 Å². The van der Waals surface area contributed by atoms with E-state index in [0.29, 0.717) is 25.2 Å². The Morgan fingerprint density at radius 3 is 2.81 bits per heavy atom. The summed E-state index contributed by atoms with van der Waals surface area (Å²) < 4.78 is 7.67. The average molecular weight is 354 g/mol. The van der Waals surface area contributed by atoms with Gasteiger partial charge >= 0.3 is 0 Å². The summed E-state index contributed by atoms with van der Waals surface area (Å²) in [4.78, 5) is 28.6. The molecule has 0 radical (unpaired) electrons. The number of anilines is 1. The SMILES string of the molecule is CCn1cc(C(=O)N2CCC3(C2)CN(c2ccccc2)C(=O)CO3)cn1. The van der Waals surface area contributed by atoms with Gasteiger partial charge in [-0.3, -0.25) is 14.3 Å². The fourth-order valence-electron chi connectivity index (χ4n) is 3.65. The Kier molecular flexibility index (Phi) is 4.24. The lowest BCUT2D eigenvalue weighted by Crippen LogP contribution is -2.56. The van der Waals surface area contributed by atoms with Crippen molar-refractivity contribution in [2.45, 2.75) is 25.5 Å². The minimum atomic E-state index is -0.500. The van der Waals surface area contributed by atoms with Gasteiger partial charge in [-0.1, -0.05) is 18.2 Å². The van der Waals surface area contributed by atoms with Gasteiger partial charge in [0.25, 0.3) is 11.8 Å². The Morgan fingerprint density at radius 1 is 1.27 bits per heavy atom. The average Bonchev–Trinajstić information content (AvgIpc) is 3.32. The van der Waals surface area contributed by atoms with Gasteiger partial charge in [-0.05, 0) is 25.5 Å². The third-order valence-electron chi connectivity index (χ3n) is 5.12. The quantitative estimate of drug-likeness (QED) is 0.839. The molecule has 1 unspecified atom stereocenters. The normalized spacial score (nSPS) is 23.0. The maximum atomic E-state index is 12.8. The Hall–Kier alpha value is -2.67. The number of carbonyl (C=O) groups is 2. The molecule has 1 aromatic carbocycles. The third-order valence-corrected chi connectivity index (χ3v) is 5.12. The number of likely N-dealkylation sites (tertiary alicyclic amines) is 1. The first-order valence-electron chi connectivity index (χ1n) is 8.91. The van der Waals surface area contributed by atoms with Crippen molar-refractivity contribution in [2.24, 2.45) is 0 Å². The zero-order valence-corrected chi connectivity index (χ0v) is 14.8. The van der Waals surface area contributed by atoms with E-state index in [0.717, 1.165) is 18.7 Å². The van der Waals surface area contributed by atoms with Crippen molar-refractivity contribution in [3.05, 3.63) is 48.3 Å². The molecule has 136 valence electrons. The van der Waals surface area contributed by atoms with E-state index in [9.17, 15) is 9.59 Å². The summed E-state index contributed by atoms with van der Waals surface area (Å²) in [5.41, 5.74) is 0.963. The van der Waals surface area contributed by atoms with E-state index in [2.05, 4.69) is 5.10 Å². The third kappa shape index (κ3) is 2.99. The molecular formula is C19H22N4O3. The molecule has 2 aliphatic rings. The molecule has 4 rings (SSSR count). The number of hydrogen-bond donors (Lipinski definition) is 0. The first-order chi connectivity index (χ1) is 12.6. The summed E-state index contributed by atoms with van der Waals surface area (Å²) in [6.45, 7) is 4.33. The minimum Gasteiger partial charge on any atom is -0.361 e. The van der Waals surface area contributed by atoms with Gasteiger partial charge in [-0.2, -0.15) is 5.10 Å². The van der Waals surface area contributed by atoms with Gasteiger partial charge < -0.3 is 14.5 Å². The van der Waals surface area contributed by atoms with Crippen LogP contribution in [0.15, 0.2) is 42.7 Å². The number of benzene rings is 1.